The van der Waals surface area contributed by atoms with Crippen LogP contribution < -0.4 is 0 Å². The van der Waals surface area contributed by atoms with Crippen LogP contribution in [0, 0.1) is 5.21 Å². The van der Waals surface area contributed by atoms with Gasteiger partial charge < -0.3 is 10.3 Å². The van der Waals surface area contributed by atoms with Crippen molar-refractivity contribution in [2.45, 2.75) is 25.5 Å². The highest BCUT2D eigenvalue weighted by atomic mass is 16.5. The molecule has 4 heteroatoms. The van der Waals surface area contributed by atoms with Gasteiger partial charge >= 0.3 is 0 Å². The molecule has 1 heterocycles. The normalized spacial score (nSPS) is 14.1. The highest BCUT2D eigenvalue weighted by molar-refractivity contribution is 5.75. The van der Waals surface area contributed by atoms with E-state index >= 15 is 0 Å². The molecule has 0 amide bonds. The molecule has 2 rings (SSSR count). The van der Waals surface area contributed by atoms with Gasteiger partial charge in [-0.25, -0.2) is 4.74 Å². The number of aromatic nitrogens is 1. The largest absolute Gasteiger partial charge is 0.623 e. The molecular formula is C16H18N2O2. The summed E-state index contributed by atoms with van der Waals surface area (Å²) in [5, 5.41) is 22.8. The topological polar surface area (TPSA) is 59.2 Å². The minimum Gasteiger partial charge on any atom is -0.623 e. The van der Waals surface area contributed by atoms with Gasteiger partial charge in [-0.15, -0.1) is 0 Å². The van der Waals surface area contributed by atoms with Gasteiger partial charge in [0.25, 0.3) is 0 Å². The van der Waals surface area contributed by atoms with Crippen LogP contribution in [0.1, 0.15) is 31.1 Å². The van der Waals surface area contributed by atoms with Gasteiger partial charge in [0.1, 0.15) is 6.10 Å². The Hall–Kier alpha value is -2.20. The van der Waals surface area contributed by atoms with Gasteiger partial charge in [-0.2, -0.15) is 0 Å². The average molecular weight is 270 g/mol. The minimum atomic E-state index is -0.968. The molecule has 0 spiro atoms. The van der Waals surface area contributed by atoms with E-state index in [4.69, 9.17) is 0 Å². The highest BCUT2D eigenvalue weighted by Gasteiger charge is 2.36. The summed E-state index contributed by atoms with van der Waals surface area (Å²) in [7, 11) is 0. The van der Waals surface area contributed by atoms with Gasteiger partial charge in [0.05, 0.1) is 0 Å². The lowest BCUT2D eigenvalue weighted by Gasteiger charge is -2.29. The number of aliphatic hydroxyl groups excluding tert-OH is 1. The van der Waals surface area contributed by atoms with Gasteiger partial charge in [-0.3, -0.25) is 4.98 Å². The van der Waals surface area contributed by atoms with E-state index in [2.05, 4.69) is 4.98 Å². The Morgan fingerprint density at radius 3 is 2.35 bits per heavy atom. The molecule has 0 aliphatic heterocycles. The number of pyridine rings is 1. The fourth-order valence-corrected chi connectivity index (χ4v) is 1.91. The Morgan fingerprint density at radius 2 is 1.75 bits per heavy atom. The maximum Gasteiger partial charge on any atom is 0.197 e. The van der Waals surface area contributed by atoms with Crippen LogP contribution in [0.15, 0.2) is 54.9 Å². The van der Waals surface area contributed by atoms with Crippen LogP contribution >= 0.6 is 0 Å². The fraction of sp³-hybridized carbons (Fsp3) is 0.250. The Labute approximate surface area is 118 Å². The first-order valence-electron chi connectivity index (χ1n) is 6.46. The Bertz CT molecular complexity index is 580. The minimum absolute atomic E-state index is 0.724. The van der Waals surface area contributed by atoms with E-state index in [1.165, 1.54) is 6.21 Å². The number of rotatable bonds is 4. The van der Waals surface area contributed by atoms with Crippen molar-refractivity contribution in [1.29, 1.82) is 0 Å². The van der Waals surface area contributed by atoms with Gasteiger partial charge in [0.15, 0.2) is 11.8 Å². The number of hydroxylamine groups is 1. The predicted molar refractivity (Wildman–Crippen MR) is 78.5 cm³/mol. The van der Waals surface area contributed by atoms with Crippen LogP contribution in [-0.2, 0) is 0 Å². The molecule has 0 bridgehead atoms. The molecule has 1 aromatic heterocycles. The molecule has 104 valence electrons. The molecule has 0 radical (unpaired) electrons. The Kier molecular flexibility index (Phi) is 4.15. The van der Waals surface area contributed by atoms with E-state index in [0.29, 0.717) is 0 Å². The van der Waals surface area contributed by atoms with Crippen molar-refractivity contribution in [1.82, 2.24) is 4.98 Å². The van der Waals surface area contributed by atoms with Crippen molar-refractivity contribution >= 4 is 6.21 Å². The maximum absolute atomic E-state index is 12.3. The van der Waals surface area contributed by atoms with Crippen LogP contribution in [0.5, 0.6) is 0 Å². The number of nitrogens with zero attached hydrogens (tertiary/aromatic N) is 2. The molecule has 20 heavy (non-hydrogen) atoms. The summed E-state index contributed by atoms with van der Waals surface area (Å²) < 4.78 is 0.792. The van der Waals surface area contributed by atoms with Crippen molar-refractivity contribution in [3.63, 3.8) is 0 Å². The third-order valence-corrected chi connectivity index (χ3v) is 3.32. The lowest BCUT2D eigenvalue weighted by molar-refractivity contribution is -0.551. The quantitative estimate of drug-likeness (QED) is 0.402. The van der Waals surface area contributed by atoms with E-state index in [1.54, 1.807) is 38.4 Å². The molecule has 0 aliphatic rings. The van der Waals surface area contributed by atoms with E-state index in [0.717, 1.165) is 15.9 Å². The van der Waals surface area contributed by atoms with Crippen molar-refractivity contribution in [2.24, 2.45) is 0 Å². The zero-order valence-electron chi connectivity index (χ0n) is 11.6. The van der Waals surface area contributed by atoms with Crippen molar-refractivity contribution in [3.05, 3.63) is 71.2 Å². The molecule has 2 aromatic rings. The van der Waals surface area contributed by atoms with Crippen molar-refractivity contribution < 1.29 is 9.85 Å². The van der Waals surface area contributed by atoms with Crippen molar-refractivity contribution in [2.75, 3.05) is 0 Å². The molecule has 0 fully saturated rings. The summed E-state index contributed by atoms with van der Waals surface area (Å²) in [6.45, 7) is 3.44. The summed E-state index contributed by atoms with van der Waals surface area (Å²) in [4.78, 5) is 3.91. The molecular weight excluding hydrogens is 252 g/mol. The van der Waals surface area contributed by atoms with E-state index < -0.39 is 11.6 Å². The lowest BCUT2D eigenvalue weighted by Crippen LogP contribution is -2.40. The fourth-order valence-electron chi connectivity index (χ4n) is 1.91. The van der Waals surface area contributed by atoms with Crippen LogP contribution in [0.4, 0.5) is 0 Å². The van der Waals surface area contributed by atoms with Gasteiger partial charge in [-0.05, 0) is 17.7 Å². The smallest absolute Gasteiger partial charge is 0.197 e. The molecule has 1 aromatic carbocycles. The second-order valence-electron chi connectivity index (χ2n) is 5.20. The molecule has 1 unspecified atom stereocenters. The second-order valence-corrected chi connectivity index (χ2v) is 5.20. The average Bonchev–Trinajstić information content (AvgIpc) is 2.48. The standard InChI is InChI=1S/C16H18N2O2/c1-16(2,15(19)14-6-4-3-5-7-14)18(20)12-13-8-10-17-11-9-13/h3-12,15,19H,1-2H3/b18-12-. The van der Waals surface area contributed by atoms with Crippen LogP contribution in [-0.4, -0.2) is 26.6 Å². The van der Waals surface area contributed by atoms with Crippen LogP contribution in [0.25, 0.3) is 0 Å². The van der Waals surface area contributed by atoms with Gasteiger partial charge in [-0.1, -0.05) is 30.3 Å². The summed E-state index contributed by atoms with van der Waals surface area (Å²) in [6, 6.07) is 12.7. The number of hydrogen-bond acceptors (Lipinski definition) is 3. The second kappa shape index (κ2) is 5.84. The van der Waals surface area contributed by atoms with E-state index in [-0.39, 0.29) is 0 Å². The Balaban J connectivity index is 2.28. The molecule has 0 saturated heterocycles. The molecule has 1 atom stereocenters. The maximum atomic E-state index is 12.3. The number of hydrogen-bond donors (Lipinski definition) is 1. The molecule has 1 N–H and O–H groups in total. The third-order valence-electron chi connectivity index (χ3n) is 3.32. The monoisotopic (exact) mass is 270 g/mol. The summed E-state index contributed by atoms with van der Waals surface area (Å²) in [5.74, 6) is 0. The first kappa shape index (κ1) is 14.2. The Morgan fingerprint density at radius 1 is 1.15 bits per heavy atom. The van der Waals surface area contributed by atoms with Gasteiger partial charge in [0, 0.05) is 31.8 Å². The first-order chi connectivity index (χ1) is 9.51. The van der Waals surface area contributed by atoms with E-state index in [1.807, 2.05) is 30.3 Å². The number of benzene rings is 1. The summed E-state index contributed by atoms with van der Waals surface area (Å²) in [5.41, 5.74) is 0.509. The zero-order valence-corrected chi connectivity index (χ0v) is 11.6. The predicted octanol–water partition coefficient (Wildman–Crippen LogP) is 2.52. The number of aliphatic hydroxyl groups is 1. The van der Waals surface area contributed by atoms with Crippen molar-refractivity contribution in [3.8, 4) is 0 Å². The molecule has 0 saturated carbocycles. The highest BCUT2D eigenvalue weighted by Crippen LogP contribution is 2.28. The third kappa shape index (κ3) is 3.03. The van der Waals surface area contributed by atoms with Crippen LogP contribution in [0.2, 0.25) is 0 Å². The first-order valence-corrected chi connectivity index (χ1v) is 6.46. The SMILES string of the molecule is CC(C)(C(O)c1ccccc1)/[N+]([O-])=C/c1ccncc1. The zero-order chi connectivity index (χ0) is 14.6. The molecule has 4 nitrogen and oxygen atoms in total. The lowest BCUT2D eigenvalue weighted by atomic mass is 9.91. The van der Waals surface area contributed by atoms with Gasteiger partial charge in [0.2, 0.25) is 0 Å². The van der Waals surface area contributed by atoms with Crippen LogP contribution in [0.3, 0.4) is 0 Å². The van der Waals surface area contributed by atoms with E-state index in [9.17, 15) is 10.3 Å². The summed E-state index contributed by atoms with van der Waals surface area (Å²) >= 11 is 0. The molecule has 0 aliphatic carbocycles. The summed E-state index contributed by atoms with van der Waals surface area (Å²) in [6.07, 6.45) is 3.84.